The second-order valence-corrected chi connectivity index (χ2v) is 4.34. The fourth-order valence-electron chi connectivity index (χ4n) is 2.17. The van der Waals surface area contributed by atoms with Crippen molar-refractivity contribution >= 4 is 39.0 Å². The predicted octanol–water partition coefficient (Wildman–Crippen LogP) is 3.10. The summed E-state index contributed by atoms with van der Waals surface area (Å²) < 4.78 is 6.58. The minimum absolute atomic E-state index is 0.988. The normalized spacial score (nSPS) is 11.8. The molecule has 16 heavy (non-hydrogen) atoms. The summed E-state index contributed by atoms with van der Waals surface area (Å²) >= 11 is 1.48. The number of pyridine rings is 1. The van der Waals surface area contributed by atoms with Crippen LogP contribution in [0.4, 0.5) is 0 Å². The van der Waals surface area contributed by atoms with Crippen molar-refractivity contribution in [2.24, 2.45) is 0 Å². The summed E-state index contributed by atoms with van der Waals surface area (Å²) in [5, 5.41) is 4.38. The Morgan fingerprint density at radius 2 is 2.06 bits per heavy atom. The van der Waals surface area contributed by atoms with Crippen molar-refractivity contribution < 1.29 is 0 Å². The summed E-state index contributed by atoms with van der Waals surface area (Å²) in [5.74, 6) is 0. The Hall–Kier alpha value is -1.94. The van der Waals surface area contributed by atoms with Gasteiger partial charge in [0.1, 0.15) is 5.65 Å². The van der Waals surface area contributed by atoms with Gasteiger partial charge in [-0.15, -0.1) is 0 Å². The molecule has 0 aliphatic rings. The van der Waals surface area contributed by atoms with Crippen LogP contribution < -0.4 is 0 Å². The molecule has 1 aromatic carbocycles. The molecule has 0 N–H and O–H groups in total. The highest BCUT2D eigenvalue weighted by atomic mass is 32.1. The summed E-state index contributed by atoms with van der Waals surface area (Å²) in [6.45, 7) is 0. The van der Waals surface area contributed by atoms with E-state index in [4.69, 9.17) is 0 Å². The lowest BCUT2D eigenvalue weighted by Gasteiger charge is -2.02. The van der Waals surface area contributed by atoms with Crippen LogP contribution >= 0.6 is 11.5 Å². The molecule has 0 saturated carbocycles. The third-order valence-electron chi connectivity index (χ3n) is 2.87. The number of imidazole rings is 1. The third-order valence-corrected chi connectivity index (χ3v) is 3.50. The Morgan fingerprint density at radius 3 is 3.06 bits per heavy atom. The molecule has 0 unspecified atom stereocenters. The lowest BCUT2D eigenvalue weighted by molar-refractivity contribution is 1.27. The lowest BCUT2D eigenvalue weighted by atomic mass is 10.1. The minimum Gasteiger partial charge on any atom is -0.299 e. The van der Waals surface area contributed by atoms with Crippen molar-refractivity contribution in [3.05, 3.63) is 42.0 Å². The van der Waals surface area contributed by atoms with Gasteiger partial charge in [-0.05, 0) is 17.6 Å². The Morgan fingerprint density at radius 1 is 1.12 bits per heavy atom. The molecule has 0 amide bonds. The first kappa shape index (κ1) is 8.24. The topological polar surface area (TPSA) is 30.2 Å². The molecular formula is C12H7N3S. The van der Waals surface area contributed by atoms with Crippen molar-refractivity contribution in [3.8, 4) is 0 Å². The van der Waals surface area contributed by atoms with E-state index < -0.39 is 0 Å². The summed E-state index contributed by atoms with van der Waals surface area (Å²) in [5.41, 5.74) is 3.20. The second-order valence-electron chi connectivity index (χ2n) is 3.71. The monoisotopic (exact) mass is 225 g/mol. The zero-order chi connectivity index (χ0) is 10.5. The fourth-order valence-corrected chi connectivity index (χ4v) is 2.85. The van der Waals surface area contributed by atoms with E-state index in [1.165, 1.54) is 16.9 Å². The maximum atomic E-state index is 4.46. The molecule has 0 fully saturated rings. The summed E-state index contributed by atoms with van der Waals surface area (Å²) in [4.78, 5) is 4.40. The number of aromatic nitrogens is 3. The van der Waals surface area contributed by atoms with Crippen molar-refractivity contribution in [3.63, 3.8) is 0 Å². The number of rotatable bonds is 0. The first-order valence-electron chi connectivity index (χ1n) is 5.03. The van der Waals surface area contributed by atoms with Crippen molar-refractivity contribution in [2.45, 2.75) is 0 Å². The van der Waals surface area contributed by atoms with E-state index in [1.807, 2.05) is 24.5 Å². The lowest BCUT2D eigenvalue weighted by Crippen LogP contribution is -1.88. The number of nitrogens with zero attached hydrogens (tertiary/aromatic N) is 3. The highest BCUT2D eigenvalue weighted by Gasteiger charge is 2.09. The standard InChI is InChI=1S/C12H7N3S/c1-2-4-10-8(3-1)11-9(7-16-14-11)12-13-5-6-15(10)12/h1-7H. The molecule has 0 spiro atoms. The van der Waals surface area contributed by atoms with E-state index in [2.05, 4.69) is 31.3 Å². The minimum atomic E-state index is 0.988. The van der Waals surface area contributed by atoms with Gasteiger partial charge in [-0.3, -0.25) is 4.40 Å². The maximum Gasteiger partial charge on any atom is 0.147 e. The molecule has 4 rings (SSSR count). The van der Waals surface area contributed by atoms with Crippen molar-refractivity contribution in [1.29, 1.82) is 0 Å². The van der Waals surface area contributed by atoms with Crippen LogP contribution in [0.15, 0.2) is 42.0 Å². The predicted molar refractivity (Wildman–Crippen MR) is 65.9 cm³/mol. The van der Waals surface area contributed by atoms with Gasteiger partial charge in [0.05, 0.1) is 16.4 Å². The molecule has 4 aromatic rings. The van der Waals surface area contributed by atoms with Crippen LogP contribution in [0.2, 0.25) is 0 Å². The highest BCUT2D eigenvalue weighted by Crippen LogP contribution is 2.28. The number of hydrogen-bond acceptors (Lipinski definition) is 3. The van der Waals surface area contributed by atoms with Crippen LogP contribution in [0.5, 0.6) is 0 Å². The summed E-state index contributed by atoms with van der Waals surface area (Å²) in [6, 6.07) is 8.30. The fraction of sp³-hybridized carbons (Fsp3) is 0. The number of fused-ring (bicyclic) bond motifs is 6. The Bertz CT molecular complexity index is 744. The maximum absolute atomic E-state index is 4.46. The quantitative estimate of drug-likeness (QED) is 0.460. The SMILES string of the molecule is c1ccc2c(c1)c1nscc1c1nccn21. The van der Waals surface area contributed by atoms with Crippen LogP contribution in [-0.4, -0.2) is 13.8 Å². The Labute approximate surface area is 95.1 Å². The number of hydrogen-bond donors (Lipinski definition) is 0. The van der Waals surface area contributed by atoms with Gasteiger partial charge in [0.25, 0.3) is 0 Å². The van der Waals surface area contributed by atoms with Crippen LogP contribution in [0.25, 0.3) is 27.5 Å². The first-order chi connectivity index (χ1) is 7.95. The Kier molecular flexibility index (Phi) is 1.44. The molecule has 3 aromatic heterocycles. The average Bonchev–Trinajstić information content (AvgIpc) is 2.98. The smallest absolute Gasteiger partial charge is 0.147 e. The average molecular weight is 225 g/mol. The summed E-state index contributed by atoms with van der Waals surface area (Å²) in [7, 11) is 0. The molecule has 0 bridgehead atoms. The van der Waals surface area contributed by atoms with Gasteiger partial charge in [-0.25, -0.2) is 4.98 Å². The van der Waals surface area contributed by atoms with E-state index in [0.29, 0.717) is 0 Å². The van der Waals surface area contributed by atoms with Crippen molar-refractivity contribution in [2.75, 3.05) is 0 Å². The highest BCUT2D eigenvalue weighted by molar-refractivity contribution is 7.05. The second kappa shape index (κ2) is 2.80. The van der Waals surface area contributed by atoms with Crippen LogP contribution in [0, 0.1) is 0 Å². The summed E-state index contributed by atoms with van der Waals surface area (Å²) in [6.07, 6.45) is 3.83. The molecule has 3 nitrogen and oxygen atoms in total. The third kappa shape index (κ3) is 0.875. The molecule has 0 aliphatic heterocycles. The van der Waals surface area contributed by atoms with Crippen molar-refractivity contribution in [1.82, 2.24) is 13.8 Å². The van der Waals surface area contributed by atoms with Gasteiger partial charge in [0.15, 0.2) is 0 Å². The van der Waals surface area contributed by atoms with Gasteiger partial charge in [0, 0.05) is 23.2 Å². The zero-order valence-corrected chi connectivity index (χ0v) is 9.11. The van der Waals surface area contributed by atoms with E-state index in [-0.39, 0.29) is 0 Å². The molecule has 0 aliphatic carbocycles. The molecule has 76 valence electrons. The van der Waals surface area contributed by atoms with Gasteiger partial charge in [0.2, 0.25) is 0 Å². The van der Waals surface area contributed by atoms with Gasteiger partial charge < -0.3 is 0 Å². The Balaban J connectivity index is 2.51. The largest absolute Gasteiger partial charge is 0.299 e. The molecule has 4 heteroatoms. The van der Waals surface area contributed by atoms with E-state index in [1.54, 1.807) is 0 Å². The molecule has 3 heterocycles. The van der Waals surface area contributed by atoms with Crippen LogP contribution in [-0.2, 0) is 0 Å². The number of para-hydroxylation sites is 1. The molecule has 0 radical (unpaired) electrons. The van der Waals surface area contributed by atoms with Gasteiger partial charge >= 0.3 is 0 Å². The zero-order valence-electron chi connectivity index (χ0n) is 8.29. The molecule has 0 atom stereocenters. The van der Waals surface area contributed by atoms with Crippen LogP contribution in [0.3, 0.4) is 0 Å². The first-order valence-corrected chi connectivity index (χ1v) is 5.87. The van der Waals surface area contributed by atoms with E-state index in [9.17, 15) is 0 Å². The van der Waals surface area contributed by atoms with Gasteiger partial charge in [-0.2, -0.15) is 4.37 Å². The van der Waals surface area contributed by atoms with Gasteiger partial charge in [-0.1, -0.05) is 18.2 Å². The van der Waals surface area contributed by atoms with E-state index >= 15 is 0 Å². The molecular weight excluding hydrogens is 218 g/mol. The van der Waals surface area contributed by atoms with E-state index in [0.717, 1.165) is 22.1 Å². The molecule has 0 saturated heterocycles. The number of benzene rings is 1. The van der Waals surface area contributed by atoms with Crippen LogP contribution in [0.1, 0.15) is 0 Å².